The largest absolute Gasteiger partial charge is 0.355 e. The Hall–Kier alpha value is -3.91. The summed E-state index contributed by atoms with van der Waals surface area (Å²) >= 11 is 1.25. The maximum absolute atomic E-state index is 13.4. The highest BCUT2D eigenvalue weighted by atomic mass is 32.2. The summed E-state index contributed by atoms with van der Waals surface area (Å²) in [4.78, 5) is 43.3. The van der Waals surface area contributed by atoms with Crippen LogP contribution in [0.2, 0.25) is 0 Å². The number of carbonyl (C=O) groups excluding carboxylic acids is 2. The van der Waals surface area contributed by atoms with E-state index < -0.39 is 0 Å². The number of hydrogen-bond donors (Lipinski definition) is 2. The van der Waals surface area contributed by atoms with Crippen molar-refractivity contribution in [3.05, 3.63) is 106 Å². The van der Waals surface area contributed by atoms with Crippen molar-refractivity contribution < 1.29 is 9.59 Å². The Kier molecular flexibility index (Phi) is 8.73. The molecular formula is C31H32N4O3S. The van der Waals surface area contributed by atoms with Gasteiger partial charge in [0.25, 0.3) is 11.5 Å². The minimum atomic E-state index is -0.157. The van der Waals surface area contributed by atoms with Crippen LogP contribution in [0.15, 0.2) is 88.8 Å². The zero-order chi connectivity index (χ0) is 27.0. The second-order valence-electron chi connectivity index (χ2n) is 9.83. The molecule has 4 aromatic rings. The van der Waals surface area contributed by atoms with Gasteiger partial charge in [-0.05, 0) is 54.7 Å². The normalized spacial score (nSPS) is 13.4. The van der Waals surface area contributed by atoms with Crippen molar-refractivity contribution in [2.24, 2.45) is 0 Å². The number of aromatic nitrogens is 2. The summed E-state index contributed by atoms with van der Waals surface area (Å²) in [5.74, 6) is -0.0186. The summed E-state index contributed by atoms with van der Waals surface area (Å²) in [7, 11) is 0. The maximum atomic E-state index is 13.4. The average molecular weight is 541 g/mol. The van der Waals surface area contributed by atoms with Crippen LogP contribution in [0.25, 0.3) is 10.9 Å². The number of rotatable bonds is 10. The fourth-order valence-electron chi connectivity index (χ4n) is 4.85. The van der Waals surface area contributed by atoms with E-state index in [1.165, 1.54) is 11.8 Å². The van der Waals surface area contributed by atoms with Gasteiger partial charge in [-0.25, -0.2) is 4.98 Å². The molecule has 1 aromatic heterocycles. The third-order valence-corrected chi connectivity index (χ3v) is 7.96. The summed E-state index contributed by atoms with van der Waals surface area (Å²) in [5.41, 5.74) is 3.09. The quantitative estimate of drug-likeness (QED) is 0.227. The van der Waals surface area contributed by atoms with Crippen LogP contribution in [-0.2, 0) is 17.8 Å². The van der Waals surface area contributed by atoms with Crippen LogP contribution in [0.1, 0.15) is 47.2 Å². The summed E-state index contributed by atoms with van der Waals surface area (Å²) in [6, 6.07) is 24.8. The van der Waals surface area contributed by atoms with Crippen LogP contribution < -0.4 is 16.2 Å². The van der Waals surface area contributed by atoms with Crippen LogP contribution in [0.4, 0.5) is 0 Å². The molecule has 0 saturated heterocycles. The number of amides is 2. The Balaban J connectivity index is 1.28. The molecule has 0 unspecified atom stereocenters. The number of fused-ring (bicyclic) bond motifs is 1. The molecule has 2 amide bonds. The van der Waals surface area contributed by atoms with E-state index in [0.29, 0.717) is 34.7 Å². The first-order valence-corrected chi connectivity index (χ1v) is 14.4. The molecule has 1 heterocycles. The van der Waals surface area contributed by atoms with Crippen LogP contribution in [0, 0.1) is 0 Å². The van der Waals surface area contributed by atoms with Crippen molar-refractivity contribution in [2.45, 2.75) is 49.8 Å². The molecule has 0 atom stereocenters. The van der Waals surface area contributed by atoms with Crippen molar-refractivity contribution in [1.29, 1.82) is 0 Å². The van der Waals surface area contributed by atoms with E-state index in [1.807, 2.05) is 60.7 Å². The van der Waals surface area contributed by atoms with Crippen LogP contribution in [-0.4, -0.2) is 39.7 Å². The van der Waals surface area contributed by atoms with E-state index in [4.69, 9.17) is 4.98 Å². The van der Waals surface area contributed by atoms with Crippen LogP contribution in [0.5, 0.6) is 0 Å². The zero-order valence-electron chi connectivity index (χ0n) is 21.8. The molecule has 3 aromatic carbocycles. The van der Waals surface area contributed by atoms with Crippen molar-refractivity contribution in [3.8, 4) is 0 Å². The molecule has 1 saturated carbocycles. The van der Waals surface area contributed by atoms with Gasteiger partial charge in [0.15, 0.2) is 5.16 Å². The topological polar surface area (TPSA) is 93.1 Å². The highest BCUT2D eigenvalue weighted by Crippen LogP contribution is 2.20. The number of hydrogen-bond acceptors (Lipinski definition) is 5. The maximum Gasteiger partial charge on any atom is 0.262 e. The Morgan fingerprint density at radius 1 is 0.897 bits per heavy atom. The second kappa shape index (κ2) is 12.8. The third kappa shape index (κ3) is 6.95. The van der Waals surface area contributed by atoms with E-state index in [1.54, 1.807) is 22.8 Å². The standard InChI is InChI=1S/C31H32N4O3S/c36-28(32-19-18-22-8-2-1-3-9-22)21-39-31-34-27-13-7-6-12-26(27)30(38)35(31)20-23-14-16-24(17-15-23)29(37)33-25-10-4-5-11-25/h1-3,6-9,12-17,25H,4-5,10-11,18-21H2,(H,32,36)(H,33,37). The van der Waals surface area contributed by atoms with Gasteiger partial charge in [-0.2, -0.15) is 0 Å². The van der Waals surface area contributed by atoms with Gasteiger partial charge in [0.2, 0.25) is 5.91 Å². The summed E-state index contributed by atoms with van der Waals surface area (Å²) in [6.07, 6.45) is 5.15. The average Bonchev–Trinajstić information content (AvgIpc) is 3.47. The molecule has 8 heteroatoms. The van der Waals surface area contributed by atoms with E-state index in [9.17, 15) is 14.4 Å². The number of nitrogens with zero attached hydrogens (tertiary/aromatic N) is 2. The lowest BCUT2D eigenvalue weighted by Gasteiger charge is -2.14. The number of benzene rings is 3. The number of nitrogens with one attached hydrogen (secondary N) is 2. The van der Waals surface area contributed by atoms with Gasteiger partial charge in [-0.15, -0.1) is 0 Å². The number of para-hydroxylation sites is 1. The van der Waals surface area contributed by atoms with Gasteiger partial charge in [0, 0.05) is 18.2 Å². The summed E-state index contributed by atoms with van der Waals surface area (Å²) in [5, 5.41) is 7.08. The number of thioether (sulfide) groups is 1. The first-order chi connectivity index (χ1) is 19.1. The van der Waals surface area contributed by atoms with Crippen LogP contribution in [0.3, 0.4) is 0 Å². The van der Waals surface area contributed by atoms with Crippen LogP contribution >= 0.6 is 11.8 Å². The van der Waals surface area contributed by atoms with Crippen molar-refractivity contribution in [1.82, 2.24) is 20.2 Å². The molecule has 0 spiro atoms. The Morgan fingerprint density at radius 2 is 1.62 bits per heavy atom. The second-order valence-corrected chi connectivity index (χ2v) is 10.8. The predicted molar refractivity (Wildman–Crippen MR) is 155 cm³/mol. The Bertz CT molecular complexity index is 1500. The van der Waals surface area contributed by atoms with Crippen molar-refractivity contribution in [2.75, 3.05) is 12.3 Å². The lowest BCUT2D eigenvalue weighted by atomic mass is 10.1. The van der Waals surface area contributed by atoms with Gasteiger partial charge in [-0.1, -0.05) is 79.2 Å². The lowest BCUT2D eigenvalue weighted by Crippen LogP contribution is -2.32. The van der Waals surface area contributed by atoms with Gasteiger partial charge in [0.1, 0.15) is 0 Å². The van der Waals surface area contributed by atoms with Gasteiger partial charge in [0.05, 0.1) is 23.2 Å². The highest BCUT2D eigenvalue weighted by Gasteiger charge is 2.18. The Morgan fingerprint density at radius 3 is 2.38 bits per heavy atom. The third-order valence-electron chi connectivity index (χ3n) is 6.98. The summed E-state index contributed by atoms with van der Waals surface area (Å²) < 4.78 is 1.61. The fraction of sp³-hybridized carbons (Fsp3) is 0.290. The zero-order valence-corrected chi connectivity index (χ0v) is 22.6. The molecule has 39 heavy (non-hydrogen) atoms. The molecule has 200 valence electrons. The number of carbonyl (C=O) groups is 2. The predicted octanol–water partition coefficient (Wildman–Crippen LogP) is 4.57. The molecule has 1 fully saturated rings. The van der Waals surface area contributed by atoms with E-state index in [-0.39, 0.29) is 29.2 Å². The molecule has 2 N–H and O–H groups in total. The molecule has 5 rings (SSSR count). The van der Waals surface area contributed by atoms with Gasteiger partial charge < -0.3 is 10.6 Å². The minimum absolute atomic E-state index is 0.0625. The monoisotopic (exact) mass is 540 g/mol. The molecule has 7 nitrogen and oxygen atoms in total. The molecule has 1 aliphatic carbocycles. The molecule has 0 bridgehead atoms. The SMILES string of the molecule is O=C(CSc1nc2ccccc2c(=O)n1Cc1ccc(C(=O)NC2CCCC2)cc1)NCCc1ccccc1. The van der Waals surface area contributed by atoms with E-state index >= 15 is 0 Å². The summed E-state index contributed by atoms with van der Waals surface area (Å²) in [6.45, 7) is 0.835. The van der Waals surface area contributed by atoms with Gasteiger partial charge >= 0.3 is 0 Å². The molecule has 0 radical (unpaired) electrons. The Labute approximate surface area is 232 Å². The minimum Gasteiger partial charge on any atom is -0.355 e. The van der Waals surface area contributed by atoms with E-state index in [2.05, 4.69) is 10.6 Å². The molecular weight excluding hydrogens is 508 g/mol. The fourth-order valence-corrected chi connectivity index (χ4v) is 5.68. The van der Waals surface area contributed by atoms with E-state index in [0.717, 1.165) is 43.2 Å². The van der Waals surface area contributed by atoms with Crippen molar-refractivity contribution in [3.63, 3.8) is 0 Å². The first-order valence-electron chi connectivity index (χ1n) is 13.4. The first kappa shape index (κ1) is 26.7. The molecule has 0 aliphatic heterocycles. The molecule has 1 aliphatic rings. The van der Waals surface area contributed by atoms with Gasteiger partial charge in [-0.3, -0.25) is 19.0 Å². The van der Waals surface area contributed by atoms with Crippen molar-refractivity contribution >= 4 is 34.5 Å². The smallest absolute Gasteiger partial charge is 0.262 e. The lowest BCUT2D eigenvalue weighted by molar-refractivity contribution is -0.118. The highest BCUT2D eigenvalue weighted by molar-refractivity contribution is 7.99.